The van der Waals surface area contributed by atoms with Crippen LogP contribution in [0.4, 0.5) is 0 Å². The van der Waals surface area contributed by atoms with Crippen LogP contribution in [0.5, 0.6) is 0 Å². The van der Waals surface area contributed by atoms with Gasteiger partial charge >= 0.3 is 5.97 Å². The lowest BCUT2D eigenvalue weighted by atomic mass is 9.81. The average molecular weight is 256 g/mol. The summed E-state index contributed by atoms with van der Waals surface area (Å²) >= 11 is 0. The van der Waals surface area contributed by atoms with E-state index >= 15 is 0 Å². The molecule has 98 valence electrons. The van der Waals surface area contributed by atoms with E-state index in [0.29, 0.717) is 5.92 Å². The maximum Gasteiger partial charge on any atom is 0.306 e. The van der Waals surface area contributed by atoms with E-state index < -0.39 is 5.97 Å². The van der Waals surface area contributed by atoms with Crippen molar-refractivity contribution in [2.45, 2.75) is 31.6 Å². The van der Waals surface area contributed by atoms with Crippen molar-refractivity contribution in [3.8, 4) is 0 Å². The third-order valence-corrected chi connectivity index (χ3v) is 3.95. The van der Waals surface area contributed by atoms with Crippen LogP contribution in [0.1, 0.15) is 37.4 Å². The van der Waals surface area contributed by atoms with Crippen molar-refractivity contribution in [3.05, 3.63) is 36.3 Å². The number of aliphatic carboxylic acids is 1. The number of carboxylic acids is 1. The molecular formula is C15H16N2O2. The SMILES string of the molecule is O=C(O)C1CCC(c2ncc3ccccc3n2)CC1. The van der Waals surface area contributed by atoms with Crippen LogP contribution in [0.3, 0.4) is 0 Å². The van der Waals surface area contributed by atoms with Crippen molar-refractivity contribution >= 4 is 16.9 Å². The average Bonchev–Trinajstić information content (AvgIpc) is 2.47. The van der Waals surface area contributed by atoms with Crippen molar-refractivity contribution in [1.82, 2.24) is 9.97 Å². The summed E-state index contributed by atoms with van der Waals surface area (Å²) in [5.74, 6) is 0.317. The fourth-order valence-electron chi connectivity index (χ4n) is 2.78. The predicted molar refractivity (Wildman–Crippen MR) is 71.9 cm³/mol. The van der Waals surface area contributed by atoms with E-state index in [1.165, 1.54) is 0 Å². The Morgan fingerprint density at radius 1 is 1.16 bits per heavy atom. The van der Waals surface area contributed by atoms with E-state index in [-0.39, 0.29) is 5.92 Å². The summed E-state index contributed by atoms with van der Waals surface area (Å²) in [7, 11) is 0. The zero-order chi connectivity index (χ0) is 13.2. The van der Waals surface area contributed by atoms with Crippen molar-refractivity contribution in [1.29, 1.82) is 0 Å². The van der Waals surface area contributed by atoms with E-state index in [9.17, 15) is 4.79 Å². The normalized spacial score (nSPS) is 23.4. The maximum atomic E-state index is 10.9. The van der Waals surface area contributed by atoms with Crippen LogP contribution in [0.2, 0.25) is 0 Å². The topological polar surface area (TPSA) is 63.1 Å². The largest absolute Gasteiger partial charge is 0.481 e. The Balaban J connectivity index is 1.80. The highest BCUT2D eigenvalue weighted by Crippen LogP contribution is 2.34. The summed E-state index contributed by atoms with van der Waals surface area (Å²) in [5, 5.41) is 10.1. The molecule has 1 saturated carbocycles. The summed E-state index contributed by atoms with van der Waals surface area (Å²) in [6, 6.07) is 7.94. The highest BCUT2D eigenvalue weighted by molar-refractivity contribution is 5.77. The number of hydrogen-bond donors (Lipinski definition) is 1. The molecule has 1 N–H and O–H groups in total. The Hall–Kier alpha value is -1.97. The number of carboxylic acid groups (broad SMARTS) is 1. The van der Waals surface area contributed by atoms with Crippen LogP contribution in [-0.4, -0.2) is 21.0 Å². The molecule has 0 bridgehead atoms. The molecule has 1 aliphatic rings. The van der Waals surface area contributed by atoms with Gasteiger partial charge in [0.05, 0.1) is 11.4 Å². The van der Waals surface area contributed by atoms with Gasteiger partial charge in [-0.15, -0.1) is 0 Å². The van der Waals surface area contributed by atoms with Crippen LogP contribution in [-0.2, 0) is 4.79 Å². The summed E-state index contributed by atoms with van der Waals surface area (Å²) in [6.45, 7) is 0. The van der Waals surface area contributed by atoms with Crippen LogP contribution >= 0.6 is 0 Å². The zero-order valence-electron chi connectivity index (χ0n) is 10.6. The molecule has 0 radical (unpaired) electrons. The first kappa shape index (κ1) is 12.1. The van der Waals surface area contributed by atoms with Gasteiger partial charge in [0.25, 0.3) is 0 Å². The molecule has 1 aromatic carbocycles. The molecule has 4 nitrogen and oxygen atoms in total. The fraction of sp³-hybridized carbons (Fsp3) is 0.400. The van der Waals surface area contributed by atoms with Crippen molar-refractivity contribution < 1.29 is 9.90 Å². The molecule has 1 fully saturated rings. The number of aromatic nitrogens is 2. The lowest BCUT2D eigenvalue weighted by molar-refractivity contribution is -0.142. The van der Waals surface area contributed by atoms with Gasteiger partial charge in [0.15, 0.2) is 0 Å². The molecule has 0 amide bonds. The summed E-state index contributed by atoms with van der Waals surface area (Å²) in [6.07, 6.45) is 5.07. The molecule has 0 aliphatic heterocycles. The number of para-hydroxylation sites is 1. The Morgan fingerprint density at radius 2 is 1.89 bits per heavy atom. The van der Waals surface area contributed by atoms with Crippen LogP contribution in [0.25, 0.3) is 10.9 Å². The number of benzene rings is 1. The smallest absolute Gasteiger partial charge is 0.306 e. The zero-order valence-corrected chi connectivity index (χ0v) is 10.6. The number of nitrogens with zero attached hydrogens (tertiary/aromatic N) is 2. The third kappa shape index (κ3) is 2.43. The van der Waals surface area contributed by atoms with Crippen LogP contribution in [0.15, 0.2) is 30.5 Å². The Bertz CT molecular complexity index is 604. The molecule has 19 heavy (non-hydrogen) atoms. The minimum atomic E-state index is -0.669. The highest BCUT2D eigenvalue weighted by Gasteiger charge is 2.28. The monoisotopic (exact) mass is 256 g/mol. The van der Waals surface area contributed by atoms with Gasteiger partial charge in [-0.2, -0.15) is 0 Å². The lowest BCUT2D eigenvalue weighted by Gasteiger charge is -2.24. The second-order valence-electron chi connectivity index (χ2n) is 5.17. The van der Waals surface area contributed by atoms with E-state index in [4.69, 9.17) is 5.11 Å². The van der Waals surface area contributed by atoms with E-state index in [2.05, 4.69) is 9.97 Å². The third-order valence-electron chi connectivity index (χ3n) is 3.95. The molecule has 1 aliphatic carbocycles. The second-order valence-corrected chi connectivity index (χ2v) is 5.17. The van der Waals surface area contributed by atoms with Gasteiger partial charge in [-0.3, -0.25) is 4.79 Å². The van der Waals surface area contributed by atoms with Gasteiger partial charge in [0.2, 0.25) is 0 Å². The van der Waals surface area contributed by atoms with E-state index in [0.717, 1.165) is 42.4 Å². The molecular weight excluding hydrogens is 240 g/mol. The predicted octanol–water partition coefficient (Wildman–Crippen LogP) is 2.99. The van der Waals surface area contributed by atoms with Gasteiger partial charge in [-0.1, -0.05) is 18.2 Å². The van der Waals surface area contributed by atoms with Crippen LogP contribution < -0.4 is 0 Å². The molecule has 1 heterocycles. The lowest BCUT2D eigenvalue weighted by Crippen LogP contribution is -2.21. The van der Waals surface area contributed by atoms with Crippen molar-refractivity contribution in [2.75, 3.05) is 0 Å². The molecule has 0 atom stereocenters. The van der Waals surface area contributed by atoms with E-state index in [1.807, 2.05) is 30.5 Å². The van der Waals surface area contributed by atoms with Gasteiger partial charge in [0, 0.05) is 17.5 Å². The first-order valence-electron chi connectivity index (χ1n) is 6.68. The standard InChI is InChI=1S/C15H16N2O2/c18-15(19)11-7-5-10(6-8-11)14-16-9-12-3-1-2-4-13(12)17-14/h1-4,9-11H,5-8H2,(H,18,19). The second kappa shape index (κ2) is 4.96. The Labute approximate surface area is 111 Å². The quantitative estimate of drug-likeness (QED) is 0.897. The Kier molecular flexibility index (Phi) is 3.15. The number of hydrogen-bond acceptors (Lipinski definition) is 3. The highest BCUT2D eigenvalue weighted by atomic mass is 16.4. The molecule has 4 heteroatoms. The first-order valence-corrected chi connectivity index (χ1v) is 6.68. The molecule has 2 aromatic rings. The molecule has 1 aromatic heterocycles. The maximum absolute atomic E-state index is 10.9. The number of carbonyl (C=O) groups is 1. The first-order chi connectivity index (χ1) is 9.24. The molecule has 3 rings (SSSR count). The van der Waals surface area contributed by atoms with Gasteiger partial charge < -0.3 is 5.11 Å². The number of rotatable bonds is 2. The van der Waals surface area contributed by atoms with Gasteiger partial charge in [-0.25, -0.2) is 9.97 Å². The van der Waals surface area contributed by atoms with Crippen molar-refractivity contribution in [3.63, 3.8) is 0 Å². The molecule has 0 unspecified atom stereocenters. The molecule has 0 spiro atoms. The molecule has 0 saturated heterocycles. The number of fused-ring (bicyclic) bond motifs is 1. The van der Waals surface area contributed by atoms with Crippen LogP contribution in [0, 0.1) is 5.92 Å². The fourth-order valence-corrected chi connectivity index (χ4v) is 2.78. The summed E-state index contributed by atoms with van der Waals surface area (Å²) < 4.78 is 0. The summed E-state index contributed by atoms with van der Waals surface area (Å²) in [4.78, 5) is 20.0. The van der Waals surface area contributed by atoms with Gasteiger partial charge in [-0.05, 0) is 31.7 Å². The minimum absolute atomic E-state index is 0.184. The summed E-state index contributed by atoms with van der Waals surface area (Å²) in [5.41, 5.74) is 0.966. The Morgan fingerprint density at radius 3 is 2.63 bits per heavy atom. The van der Waals surface area contributed by atoms with Crippen molar-refractivity contribution in [2.24, 2.45) is 5.92 Å². The minimum Gasteiger partial charge on any atom is -0.481 e. The van der Waals surface area contributed by atoms with Gasteiger partial charge in [0.1, 0.15) is 5.82 Å². The van der Waals surface area contributed by atoms with E-state index in [1.54, 1.807) is 0 Å².